The van der Waals surface area contributed by atoms with Crippen molar-refractivity contribution < 1.29 is 14.6 Å². The molecule has 72 valence electrons. The summed E-state index contributed by atoms with van der Waals surface area (Å²) in [5.41, 5.74) is 0. The van der Waals surface area contributed by atoms with Crippen LogP contribution < -0.4 is 0 Å². The molecule has 3 nitrogen and oxygen atoms in total. The lowest BCUT2D eigenvalue weighted by molar-refractivity contribution is -0.104. The van der Waals surface area contributed by atoms with Crippen molar-refractivity contribution in [2.75, 3.05) is 13.2 Å². The fraction of sp³-hybridized carbons (Fsp3) is 0.778. The van der Waals surface area contributed by atoms with Gasteiger partial charge < -0.3 is 14.6 Å². The van der Waals surface area contributed by atoms with E-state index in [1.54, 1.807) is 19.1 Å². The molecule has 0 bridgehead atoms. The van der Waals surface area contributed by atoms with Crippen molar-refractivity contribution in [3.63, 3.8) is 0 Å². The Labute approximate surface area is 74.0 Å². The molecule has 1 atom stereocenters. The van der Waals surface area contributed by atoms with Gasteiger partial charge in [-0.25, -0.2) is 0 Å². The van der Waals surface area contributed by atoms with Gasteiger partial charge in [-0.2, -0.15) is 0 Å². The van der Waals surface area contributed by atoms with E-state index in [0.717, 1.165) is 0 Å². The van der Waals surface area contributed by atoms with E-state index in [2.05, 4.69) is 0 Å². The van der Waals surface area contributed by atoms with Gasteiger partial charge in [0.05, 0.1) is 6.10 Å². The van der Waals surface area contributed by atoms with Crippen LogP contribution >= 0.6 is 0 Å². The van der Waals surface area contributed by atoms with E-state index in [1.807, 2.05) is 13.8 Å². The topological polar surface area (TPSA) is 38.7 Å². The van der Waals surface area contributed by atoms with Gasteiger partial charge in [0.25, 0.3) is 0 Å². The van der Waals surface area contributed by atoms with Gasteiger partial charge in [-0.3, -0.25) is 0 Å². The molecule has 0 aromatic rings. The second-order valence-corrected chi connectivity index (χ2v) is 2.40. The highest BCUT2D eigenvalue weighted by atomic mass is 16.7. The summed E-state index contributed by atoms with van der Waals surface area (Å²) >= 11 is 0. The van der Waals surface area contributed by atoms with Crippen molar-refractivity contribution in [3.05, 3.63) is 12.2 Å². The van der Waals surface area contributed by atoms with Crippen LogP contribution in [0, 0.1) is 0 Å². The lowest BCUT2D eigenvalue weighted by Crippen LogP contribution is -2.14. The van der Waals surface area contributed by atoms with Crippen LogP contribution in [0.2, 0.25) is 0 Å². The first-order valence-electron chi connectivity index (χ1n) is 4.30. The fourth-order valence-electron chi connectivity index (χ4n) is 0.739. The Morgan fingerprint density at radius 3 is 2.00 bits per heavy atom. The van der Waals surface area contributed by atoms with E-state index in [1.165, 1.54) is 0 Å². The van der Waals surface area contributed by atoms with Crippen LogP contribution in [0.15, 0.2) is 12.2 Å². The van der Waals surface area contributed by atoms with Crippen molar-refractivity contribution in [2.24, 2.45) is 0 Å². The first kappa shape index (κ1) is 11.6. The van der Waals surface area contributed by atoms with Crippen molar-refractivity contribution in [1.82, 2.24) is 0 Å². The molecule has 0 aromatic heterocycles. The fourth-order valence-corrected chi connectivity index (χ4v) is 0.739. The molecule has 0 radical (unpaired) electrons. The molecule has 0 aliphatic rings. The van der Waals surface area contributed by atoms with E-state index in [0.29, 0.717) is 13.2 Å². The van der Waals surface area contributed by atoms with Crippen molar-refractivity contribution in [2.45, 2.75) is 33.2 Å². The van der Waals surface area contributed by atoms with Crippen LogP contribution in [-0.4, -0.2) is 30.7 Å². The average Bonchev–Trinajstić information content (AvgIpc) is 2.01. The first-order valence-corrected chi connectivity index (χ1v) is 4.30. The third kappa shape index (κ3) is 6.34. The van der Waals surface area contributed by atoms with E-state index >= 15 is 0 Å². The number of hydrogen-bond donors (Lipinski definition) is 1. The maximum absolute atomic E-state index is 8.94. The third-order valence-electron chi connectivity index (χ3n) is 1.21. The standard InChI is InChI=1S/C9H18O3/c1-4-11-9(12-5-2)7-6-8(3)10/h6-10H,4-5H2,1-3H3/b7-6+/t8-/m1/s1. The SMILES string of the molecule is CCOC(/C=C/[C@@H](C)O)OCC. The summed E-state index contributed by atoms with van der Waals surface area (Å²) in [4.78, 5) is 0. The molecule has 0 amide bonds. The van der Waals surface area contributed by atoms with Gasteiger partial charge in [0.2, 0.25) is 0 Å². The predicted octanol–water partition coefficient (Wildman–Crippen LogP) is 1.32. The zero-order valence-electron chi connectivity index (χ0n) is 7.99. The molecule has 12 heavy (non-hydrogen) atoms. The lowest BCUT2D eigenvalue weighted by atomic mass is 10.3. The smallest absolute Gasteiger partial charge is 0.176 e. The summed E-state index contributed by atoms with van der Waals surface area (Å²) in [6, 6.07) is 0. The van der Waals surface area contributed by atoms with Gasteiger partial charge in [0.1, 0.15) is 0 Å². The normalized spacial score (nSPS) is 14.4. The molecular formula is C9H18O3. The summed E-state index contributed by atoms with van der Waals surface area (Å²) < 4.78 is 10.4. The van der Waals surface area contributed by atoms with Gasteiger partial charge in [-0.05, 0) is 26.8 Å². The summed E-state index contributed by atoms with van der Waals surface area (Å²) in [5, 5.41) is 8.94. The molecular weight excluding hydrogens is 156 g/mol. The molecule has 0 spiro atoms. The van der Waals surface area contributed by atoms with Gasteiger partial charge in [0, 0.05) is 13.2 Å². The monoisotopic (exact) mass is 174 g/mol. The van der Waals surface area contributed by atoms with Gasteiger partial charge in [-0.1, -0.05) is 6.08 Å². The molecule has 0 saturated carbocycles. The molecule has 1 N–H and O–H groups in total. The molecule has 0 fully saturated rings. The minimum absolute atomic E-state index is 0.324. The second kappa shape index (κ2) is 7.28. The molecule has 0 heterocycles. The molecule has 0 saturated heterocycles. The summed E-state index contributed by atoms with van der Waals surface area (Å²) in [6.07, 6.45) is 2.59. The quantitative estimate of drug-likeness (QED) is 0.487. The Hall–Kier alpha value is -0.380. The van der Waals surface area contributed by atoms with E-state index in [4.69, 9.17) is 14.6 Å². The second-order valence-electron chi connectivity index (χ2n) is 2.40. The number of hydrogen-bond acceptors (Lipinski definition) is 3. The Balaban J connectivity index is 3.76. The largest absolute Gasteiger partial charge is 0.389 e. The maximum Gasteiger partial charge on any atom is 0.176 e. The number of rotatable bonds is 6. The molecule has 0 unspecified atom stereocenters. The van der Waals surface area contributed by atoms with Gasteiger partial charge in [0.15, 0.2) is 6.29 Å². The Bertz CT molecular complexity index is 115. The van der Waals surface area contributed by atoms with E-state index in [9.17, 15) is 0 Å². The van der Waals surface area contributed by atoms with E-state index < -0.39 is 6.10 Å². The van der Waals surface area contributed by atoms with Gasteiger partial charge in [-0.15, -0.1) is 0 Å². The highest BCUT2D eigenvalue weighted by Crippen LogP contribution is 1.98. The van der Waals surface area contributed by atoms with Gasteiger partial charge >= 0.3 is 0 Å². The van der Waals surface area contributed by atoms with Crippen LogP contribution in [0.25, 0.3) is 0 Å². The summed E-state index contributed by atoms with van der Waals surface area (Å²) in [5.74, 6) is 0. The van der Waals surface area contributed by atoms with Crippen molar-refractivity contribution >= 4 is 0 Å². The van der Waals surface area contributed by atoms with Crippen molar-refractivity contribution in [3.8, 4) is 0 Å². The molecule has 0 rings (SSSR count). The molecule has 0 aliphatic carbocycles. The predicted molar refractivity (Wildman–Crippen MR) is 47.9 cm³/mol. The first-order chi connectivity index (χ1) is 5.70. The van der Waals surface area contributed by atoms with Crippen LogP contribution in [0.4, 0.5) is 0 Å². The number of aliphatic hydroxyl groups is 1. The number of ether oxygens (including phenoxy) is 2. The summed E-state index contributed by atoms with van der Waals surface area (Å²) in [7, 11) is 0. The minimum atomic E-state index is -0.451. The number of aliphatic hydroxyl groups excluding tert-OH is 1. The Morgan fingerprint density at radius 2 is 1.67 bits per heavy atom. The molecule has 0 aromatic carbocycles. The zero-order chi connectivity index (χ0) is 9.40. The highest BCUT2D eigenvalue weighted by Gasteiger charge is 2.01. The van der Waals surface area contributed by atoms with Crippen LogP contribution in [0.1, 0.15) is 20.8 Å². The zero-order valence-corrected chi connectivity index (χ0v) is 7.99. The maximum atomic E-state index is 8.94. The third-order valence-corrected chi connectivity index (χ3v) is 1.21. The molecule has 3 heteroatoms. The van der Waals surface area contributed by atoms with Crippen LogP contribution in [0.3, 0.4) is 0 Å². The Morgan fingerprint density at radius 1 is 1.17 bits per heavy atom. The average molecular weight is 174 g/mol. The van der Waals surface area contributed by atoms with Crippen molar-refractivity contribution in [1.29, 1.82) is 0 Å². The Kier molecular flexibility index (Phi) is 7.05. The lowest BCUT2D eigenvalue weighted by Gasteiger charge is -2.12. The van der Waals surface area contributed by atoms with E-state index in [-0.39, 0.29) is 6.29 Å². The van der Waals surface area contributed by atoms with Crippen LogP contribution in [-0.2, 0) is 9.47 Å². The minimum Gasteiger partial charge on any atom is -0.389 e. The molecule has 0 aliphatic heterocycles. The highest BCUT2D eigenvalue weighted by molar-refractivity contribution is 4.89. The van der Waals surface area contributed by atoms with Crippen LogP contribution in [0.5, 0.6) is 0 Å². The summed E-state index contributed by atoms with van der Waals surface area (Å²) in [6.45, 7) is 6.71.